The zero-order valence-electron chi connectivity index (χ0n) is 18.4. The van der Waals surface area contributed by atoms with Crippen LogP contribution >= 0.6 is 11.3 Å². The SMILES string of the molecule is Cc1ccc(C)c(N2N=C(C(=O)Nc3nc(CN4CCCC(C)C4)cs3)CCC2=O)c1. The fourth-order valence-electron chi connectivity index (χ4n) is 4.12. The fourth-order valence-corrected chi connectivity index (χ4v) is 4.81. The third-order valence-electron chi connectivity index (χ3n) is 5.79. The Morgan fingerprint density at radius 2 is 2.13 bits per heavy atom. The van der Waals surface area contributed by atoms with Gasteiger partial charge in [0.25, 0.3) is 5.91 Å². The number of aryl methyl sites for hydroxylation is 2. The van der Waals surface area contributed by atoms with Crippen LogP contribution in [0.1, 0.15) is 49.4 Å². The Morgan fingerprint density at radius 3 is 2.94 bits per heavy atom. The molecule has 1 fully saturated rings. The van der Waals surface area contributed by atoms with Gasteiger partial charge in [0.1, 0.15) is 5.71 Å². The molecule has 1 aromatic heterocycles. The zero-order chi connectivity index (χ0) is 22.0. The van der Waals surface area contributed by atoms with Crippen molar-refractivity contribution in [2.45, 2.75) is 53.0 Å². The van der Waals surface area contributed by atoms with Crippen LogP contribution in [0.3, 0.4) is 0 Å². The Hall–Kier alpha value is -2.58. The molecule has 4 rings (SSSR count). The molecular formula is C23H29N5O2S. The Kier molecular flexibility index (Phi) is 6.48. The van der Waals surface area contributed by atoms with E-state index in [9.17, 15) is 9.59 Å². The number of piperidine rings is 1. The number of amides is 2. The van der Waals surface area contributed by atoms with E-state index in [-0.39, 0.29) is 18.2 Å². The molecule has 2 amide bonds. The predicted molar refractivity (Wildman–Crippen MR) is 124 cm³/mol. The summed E-state index contributed by atoms with van der Waals surface area (Å²) < 4.78 is 0. The van der Waals surface area contributed by atoms with Crippen LogP contribution in [-0.2, 0) is 16.1 Å². The predicted octanol–water partition coefficient (Wildman–Crippen LogP) is 4.11. The molecule has 7 nitrogen and oxygen atoms in total. The minimum Gasteiger partial charge on any atom is -0.297 e. The minimum atomic E-state index is -0.296. The molecule has 0 bridgehead atoms. The lowest BCUT2D eigenvalue weighted by Gasteiger charge is -2.30. The molecule has 2 aromatic rings. The van der Waals surface area contributed by atoms with Crippen LogP contribution in [0.15, 0.2) is 28.7 Å². The number of likely N-dealkylation sites (tertiary alicyclic amines) is 1. The highest BCUT2D eigenvalue weighted by Crippen LogP contribution is 2.26. The number of nitrogens with zero attached hydrogens (tertiary/aromatic N) is 4. The second kappa shape index (κ2) is 9.28. The van der Waals surface area contributed by atoms with Crippen LogP contribution in [0.2, 0.25) is 0 Å². The van der Waals surface area contributed by atoms with Gasteiger partial charge in [-0.15, -0.1) is 11.3 Å². The molecular weight excluding hydrogens is 410 g/mol. The molecule has 31 heavy (non-hydrogen) atoms. The second-order valence-electron chi connectivity index (χ2n) is 8.62. The van der Waals surface area contributed by atoms with Crippen LogP contribution in [0.25, 0.3) is 0 Å². The molecule has 1 saturated heterocycles. The van der Waals surface area contributed by atoms with Gasteiger partial charge in [0, 0.05) is 31.3 Å². The van der Waals surface area contributed by atoms with Crippen molar-refractivity contribution in [1.29, 1.82) is 0 Å². The van der Waals surface area contributed by atoms with Crippen molar-refractivity contribution in [2.75, 3.05) is 23.4 Å². The van der Waals surface area contributed by atoms with E-state index in [1.807, 2.05) is 37.4 Å². The summed E-state index contributed by atoms with van der Waals surface area (Å²) in [5, 5.41) is 11.2. The summed E-state index contributed by atoms with van der Waals surface area (Å²) in [6.07, 6.45) is 3.11. The van der Waals surface area contributed by atoms with Gasteiger partial charge >= 0.3 is 0 Å². The summed E-state index contributed by atoms with van der Waals surface area (Å²) in [7, 11) is 0. The van der Waals surface area contributed by atoms with Crippen LogP contribution in [-0.4, -0.2) is 40.5 Å². The van der Waals surface area contributed by atoms with Gasteiger partial charge in [-0.3, -0.25) is 19.8 Å². The van der Waals surface area contributed by atoms with Gasteiger partial charge in [-0.05, 0) is 56.3 Å². The Bertz CT molecular complexity index is 1020. The van der Waals surface area contributed by atoms with Crippen molar-refractivity contribution >= 4 is 39.7 Å². The summed E-state index contributed by atoms with van der Waals surface area (Å²) >= 11 is 1.43. The molecule has 1 unspecified atom stereocenters. The minimum absolute atomic E-state index is 0.0995. The van der Waals surface area contributed by atoms with E-state index < -0.39 is 0 Å². The summed E-state index contributed by atoms with van der Waals surface area (Å²) in [6, 6.07) is 5.88. The molecule has 164 valence electrons. The molecule has 8 heteroatoms. The first-order valence-electron chi connectivity index (χ1n) is 10.8. The van der Waals surface area contributed by atoms with E-state index >= 15 is 0 Å². The molecule has 1 aromatic carbocycles. The molecule has 1 N–H and O–H groups in total. The monoisotopic (exact) mass is 439 g/mol. The van der Waals surface area contributed by atoms with Gasteiger partial charge in [-0.1, -0.05) is 19.1 Å². The average molecular weight is 440 g/mol. The van der Waals surface area contributed by atoms with E-state index in [0.29, 0.717) is 17.3 Å². The number of carbonyl (C=O) groups excluding carboxylic acids is 2. The second-order valence-corrected chi connectivity index (χ2v) is 9.48. The van der Waals surface area contributed by atoms with Gasteiger partial charge in [-0.2, -0.15) is 5.10 Å². The van der Waals surface area contributed by atoms with Crippen molar-refractivity contribution in [1.82, 2.24) is 9.88 Å². The quantitative estimate of drug-likeness (QED) is 0.760. The average Bonchev–Trinajstić information content (AvgIpc) is 3.17. The van der Waals surface area contributed by atoms with E-state index in [1.54, 1.807) is 0 Å². The summed E-state index contributed by atoms with van der Waals surface area (Å²) in [5.41, 5.74) is 4.04. The zero-order valence-corrected chi connectivity index (χ0v) is 19.2. The number of hydrazone groups is 1. The fraction of sp³-hybridized carbons (Fsp3) is 0.478. The standard InChI is InChI=1S/C23H29N5O2S/c1-15-6-7-17(3)20(11-15)28-21(29)9-8-19(26-28)22(30)25-23-24-18(14-31-23)13-27-10-4-5-16(2)12-27/h6-7,11,14,16H,4-5,8-10,12-13H2,1-3H3,(H,24,25,30). The molecule has 0 aliphatic carbocycles. The first-order valence-corrected chi connectivity index (χ1v) is 11.7. The molecule has 2 aliphatic heterocycles. The highest BCUT2D eigenvalue weighted by atomic mass is 32.1. The van der Waals surface area contributed by atoms with E-state index in [1.165, 1.54) is 29.2 Å². The largest absolute Gasteiger partial charge is 0.297 e. The number of hydrogen-bond acceptors (Lipinski definition) is 6. The smallest absolute Gasteiger partial charge is 0.273 e. The maximum atomic E-state index is 12.8. The van der Waals surface area contributed by atoms with Crippen molar-refractivity contribution < 1.29 is 9.59 Å². The molecule has 0 spiro atoms. The lowest BCUT2D eigenvalue weighted by atomic mass is 10.0. The molecule has 0 radical (unpaired) electrons. The number of carbonyl (C=O) groups is 2. The maximum absolute atomic E-state index is 12.8. The number of thiazole rings is 1. The summed E-state index contributed by atoms with van der Waals surface area (Å²) in [4.78, 5) is 32.3. The Balaban J connectivity index is 1.44. The first-order chi connectivity index (χ1) is 14.9. The van der Waals surface area contributed by atoms with Crippen molar-refractivity contribution in [2.24, 2.45) is 11.0 Å². The van der Waals surface area contributed by atoms with Gasteiger partial charge in [0.15, 0.2) is 5.13 Å². The first kappa shape index (κ1) is 21.6. The highest BCUT2D eigenvalue weighted by Gasteiger charge is 2.27. The lowest BCUT2D eigenvalue weighted by molar-refractivity contribution is -0.118. The normalized spacial score (nSPS) is 20.0. The Labute approximate surface area is 187 Å². The summed E-state index contributed by atoms with van der Waals surface area (Å²) in [6.45, 7) is 9.20. The van der Waals surface area contributed by atoms with Crippen molar-refractivity contribution in [3.8, 4) is 0 Å². The highest BCUT2D eigenvalue weighted by molar-refractivity contribution is 7.14. The lowest BCUT2D eigenvalue weighted by Crippen LogP contribution is -2.36. The number of hydrogen-bond donors (Lipinski definition) is 1. The Morgan fingerprint density at radius 1 is 1.29 bits per heavy atom. The van der Waals surface area contributed by atoms with Gasteiger partial charge in [0.05, 0.1) is 11.4 Å². The number of anilines is 2. The van der Waals surface area contributed by atoms with Crippen LogP contribution in [0.5, 0.6) is 0 Å². The maximum Gasteiger partial charge on any atom is 0.273 e. The summed E-state index contributed by atoms with van der Waals surface area (Å²) in [5.74, 6) is 0.325. The number of benzene rings is 1. The van der Waals surface area contributed by atoms with Crippen molar-refractivity contribution in [3.05, 3.63) is 40.4 Å². The van der Waals surface area contributed by atoms with E-state index in [2.05, 4.69) is 27.2 Å². The van der Waals surface area contributed by atoms with Gasteiger partial charge < -0.3 is 0 Å². The number of nitrogens with one attached hydrogen (secondary N) is 1. The van der Waals surface area contributed by atoms with Gasteiger partial charge in [0.2, 0.25) is 5.91 Å². The van der Waals surface area contributed by atoms with Crippen LogP contribution in [0.4, 0.5) is 10.8 Å². The topological polar surface area (TPSA) is 77.9 Å². The van der Waals surface area contributed by atoms with E-state index in [4.69, 9.17) is 0 Å². The van der Waals surface area contributed by atoms with Crippen LogP contribution in [0, 0.1) is 19.8 Å². The molecule has 2 aliphatic rings. The van der Waals surface area contributed by atoms with Crippen LogP contribution < -0.4 is 10.3 Å². The third kappa shape index (κ3) is 5.19. The number of aromatic nitrogens is 1. The molecule has 1 atom stereocenters. The van der Waals surface area contributed by atoms with Crippen molar-refractivity contribution in [3.63, 3.8) is 0 Å². The van der Waals surface area contributed by atoms with E-state index in [0.717, 1.165) is 48.1 Å². The third-order valence-corrected chi connectivity index (χ3v) is 6.59. The number of rotatable bonds is 5. The van der Waals surface area contributed by atoms with Gasteiger partial charge in [-0.25, -0.2) is 9.99 Å². The molecule has 0 saturated carbocycles. The molecule has 3 heterocycles.